The fraction of sp³-hybridized carbons (Fsp3) is 0.176. The highest BCUT2D eigenvalue weighted by Crippen LogP contribution is 2.11. The first-order valence-electron chi connectivity index (χ1n) is 6.27. The molecule has 0 aliphatic rings. The maximum absolute atomic E-state index is 13.6. The zero-order valence-electron chi connectivity index (χ0n) is 10.4. The van der Waals surface area contributed by atoms with E-state index in [2.05, 4.69) is 0 Å². The van der Waals surface area contributed by atoms with E-state index in [9.17, 15) is 4.39 Å². The minimum absolute atomic E-state index is 0.0253. The molecule has 0 aliphatic carbocycles. The van der Waals surface area contributed by atoms with Crippen molar-refractivity contribution in [1.29, 1.82) is 0 Å². The Labute approximate surface area is 108 Å². The lowest BCUT2D eigenvalue weighted by molar-refractivity contribution is 0.584. The molecule has 0 spiro atoms. The summed E-state index contributed by atoms with van der Waals surface area (Å²) < 4.78 is 13.6. The van der Waals surface area contributed by atoms with Crippen LogP contribution in [0.4, 0.5) is 4.39 Å². The van der Waals surface area contributed by atoms with E-state index in [1.54, 1.807) is 6.08 Å². The van der Waals surface area contributed by atoms with E-state index in [-0.39, 0.29) is 5.83 Å². The molecule has 0 fully saturated rings. The van der Waals surface area contributed by atoms with Crippen molar-refractivity contribution in [2.45, 2.75) is 19.3 Å². The topological polar surface area (TPSA) is 0 Å². The van der Waals surface area contributed by atoms with Crippen molar-refractivity contribution in [3.05, 3.63) is 83.7 Å². The number of allylic oxidation sites excluding steroid dienone is 2. The first-order chi connectivity index (χ1) is 8.84. The van der Waals surface area contributed by atoms with Gasteiger partial charge in [-0.3, -0.25) is 0 Å². The second-order valence-electron chi connectivity index (χ2n) is 4.33. The quantitative estimate of drug-likeness (QED) is 0.709. The third-order valence-electron chi connectivity index (χ3n) is 2.90. The van der Waals surface area contributed by atoms with E-state index in [4.69, 9.17) is 0 Å². The molecule has 18 heavy (non-hydrogen) atoms. The second-order valence-corrected chi connectivity index (χ2v) is 4.33. The molecule has 1 heteroatoms. The normalized spacial score (nSPS) is 11.5. The molecular weight excluding hydrogens is 223 g/mol. The molecule has 0 heterocycles. The van der Waals surface area contributed by atoms with E-state index in [0.717, 1.165) is 12.0 Å². The molecule has 0 radical (unpaired) electrons. The molecule has 0 amide bonds. The van der Waals surface area contributed by atoms with Crippen LogP contribution in [-0.2, 0) is 12.8 Å². The predicted molar refractivity (Wildman–Crippen MR) is 74.1 cm³/mol. The molecule has 2 rings (SSSR count). The summed E-state index contributed by atoms with van der Waals surface area (Å²) >= 11 is 0. The highest BCUT2D eigenvalue weighted by molar-refractivity contribution is 5.19. The summed E-state index contributed by atoms with van der Waals surface area (Å²) in [5.41, 5.74) is 2.33. The molecule has 92 valence electrons. The summed E-state index contributed by atoms with van der Waals surface area (Å²) in [6.07, 6.45) is 3.59. The van der Waals surface area contributed by atoms with E-state index >= 15 is 0 Å². The van der Waals surface area contributed by atoms with Crippen LogP contribution in [0.25, 0.3) is 0 Å². The van der Waals surface area contributed by atoms with E-state index in [1.165, 1.54) is 5.56 Å². The fourth-order valence-corrected chi connectivity index (χ4v) is 1.85. The van der Waals surface area contributed by atoms with Gasteiger partial charge in [0.15, 0.2) is 0 Å². The van der Waals surface area contributed by atoms with Crippen molar-refractivity contribution in [3.63, 3.8) is 0 Å². The van der Waals surface area contributed by atoms with E-state index < -0.39 is 0 Å². The summed E-state index contributed by atoms with van der Waals surface area (Å²) in [5.74, 6) is -0.0253. The Hall–Kier alpha value is -1.89. The number of halogens is 1. The van der Waals surface area contributed by atoms with Crippen molar-refractivity contribution in [2.75, 3.05) is 0 Å². The standard InChI is InChI=1S/C17H17F/c18-17(13-11-15-7-3-1-4-8-15)14-12-16-9-5-2-6-10-16/h1-10,13H,11-12,14H2/b17-13-. The minimum Gasteiger partial charge on any atom is -0.212 e. The van der Waals surface area contributed by atoms with Crippen LogP contribution in [0, 0.1) is 0 Å². The lowest BCUT2D eigenvalue weighted by Crippen LogP contribution is -1.87. The Morgan fingerprint density at radius 3 is 2.00 bits per heavy atom. The average Bonchev–Trinajstić information content (AvgIpc) is 2.45. The zero-order valence-corrected chi connectivity index (χ0v) is 10.4. The Bertz CT molecular complexity index is 486. The van der Waals surface area contributed by atoms with Gasteiger partial charge in [0.25, 0.3) is 0 Å². The van der Waals surface area contributed by atoms with Crippen LogP contribution >= 0.6 is 0 Å². The van der Waals surface area contributed by atoms with E-state index in [0.29, 0.717) is 12.8 Å². The predicted octanol–water partition coefficient (Wildman–Crippen LogP) is 4.72. The van der Waals surface area contributed by atoms with Gasteiger partial charge >= 0.3 is 0 Å². The molecule has 2 aromatic rings. The molecule has 0 saturated heterocycles. The van der Waals surface area contributed by atoms with Gasteiger partial charge in [-0.15, -0.1) is 0 Å². The highest BCUT2D eigenvalue weighted by atomic mass is 19.1. The van der Waals surface area contributed by atoms with Gasteiger partial charge in [-0.05, 0) is 30.0 Å². The molecule has 0 aliphatic heterocycles. The number of hydrogen-bond acceptors (Lipinski definition) is 0. The average molecular weight is 240 g/mol. The van der Waals surface area contributed by atoms with Crippen molar-refractivity contribution < 1.29 is 4.39 Å². The van der Waals surface area contributed by atoms with Crippen LogP contribution in [0.3, 0.4) is 0 Å². The van der Waals surface area contributed by atoms with E-state index in [1.807, 2.05) is 60.7 Å². The summed E-state index contributed by atoms with van der Waals surface area (Å²) in [4.78, 5) is 0. The van der Waals surface area contributed by atoms with Gasteiger partial charge < -0.3 is 0 Å². The molecule has 0 aromatic heterocycles. The van der Waals surface area contributed by atoms with Crippen molar-refractivity contribution in [3.8, 4) is 0 Å². The fourth-order valence-electron chi connectivity index (χ4n) is 1.85. The Morgan fingerprint density at radius 1 is 0.833 bits per heavy atom. The van der Waals surface area contributed by atoms with Gasteiger partial charge in [0, 0.05) is 6.42 Å². The van der Waals surface area contributed by atoms with Crippen molar-refractivity contribution in [1.82, 2.24) is 0 Å². The molecule has 0 N–H and O–H groups in total. The Kier molecular flexibility index (Phi) is 4.71. The molecule has 0 saturated carbocycles. The number of rotatable bonds is 5. The van der Waals surface area contributed by atoms with Crippen LogP contribution in [-0.4, -0.2) is 0 Å². The van der Waals surface area contributed by atoms with Crippen LogP contribution in [0.2, 0.25) is 0 Å². The molecule has 2 aromatic carbocycles. The minimum atomic E-state index is -0.0253. The Morgan fingerprint density at radius 2 is 1.39 bits per heavy atom. The monoisotopic (exact) mass is 240 g/mol. The van der Waals surface area contributed by atoms with Gasteiger partial charge in [-0.2, -0.15) is 0 Å². The van der Waals surface area contributed by atoms with Crippen molar-refractivity contribution in [2.24, 2.45) is 0 Å². The van der Waals surface area contributed by atoms with Gasteiger partial charge in [0.05, 0.1) is 5.83 Å². The van der Waals surface area contributed by atoms with Crippen LogP contribution in [0.15, 0.2) is 72.6 Å². The summed E-state index contributed by atoms with van der Waals surface area (Å²) in [6, 6.07) is 20.0. The maximum Gasteiger partial charge on any atom is 0.0966 e. The summed E-state index contributed by atoms with van der Waals surface area (Å²) in [6.45, 7) is 0. The van der Waals surface area contributed by atoms with Gasteiger partial charge in [-0.1, -0.05) is 60.7 Å². The summed E-state index contributed by atoms with van der Waals surface area (Å²) in [7, 11) is 0. The lowest BCUT2D eigenvalue weighted by atomic mass is 10.1. The first kappa shape index (κ1) is 12.6. The number of benzene rings is 2. The smallest absolute Gasteiger partial charge is 0.0966 e. The van der Waals surface area contributed by atoms with Gasteiger partial charge in [-0.25, -0.2) is 4.39 Å². The van der Waals surface area contributed by atoms with Crippen LogP contribution in [0.5, 0.6) is 0 Å². The highest BCUT2D eigenvalue weighted by Gasteiger charge is 1.97. The van der Waals surface area contributed by atoms with Crippen LogP contribution < -0.4 is 0 Å². The van der Waals surface area contributed by atoms with Gasteiger partial charge in [0.2, 0.25) is 0 Å². The molecule has 0 bridgehead atoms. The molecular formula is C17H17F. The number of hydrogen-bond donors (Lipinski definition) is 0. The molecule has 0 atom stereocenters. The molecule has 0 unspecified atom stereocenters. The SMILES string of the molecule is F/C(=C\Cc1ccccc1)CCc1ccccc1. The second kappa shape index (κ2) is 6.75. The maximum atomic E-state index is 13.6. The Balaban J connectivity index is 1.83. The largest absolute Gasteiger partial charge is 0.212 e. The lowest BCUT2D eigenvalue weighted by Gasteiger charge is -2.00. The summed E-state index contributed by atoms with van der Waals surface area (Å²) in [5, 5.41) is 0. The van der Waals surface area contributed by atoms with Crippen molar-refractivity contribution >= 4 is 0 Å². The third kappa shape index (κ3) is 4.17. The van der Waals surface area contributed by atoms with Gasteiger partial charge in [0.1, 0.15) is 0 Å². The zero-order chi connectivity index (χ0) is 12.6. The van der Waals surface area contributed by atoms with Crippen LogP contribution in [0.1, 0.15) is 17.5 Å². The number of aryl methyl sites for hydroxylation is 1. The first-order valence-corrected chi connectivity index (χ1v) is 6.27. The molecule has 0 nitrogen and oxygen atoms in total. The third-order valence-corrected chi connectivity index (χ3v) is 2.90.